The van der Waals surface area contributed by atoms with Crippen molar-refractivity contribution in [3.63, 3.8) is 0 Å². The topological polar surface area (TPSA) is 128 Å². The number of esters is 2. The Morgan fingerprint density at radius 2 is 1.81 bits per heavy atom. The molecule has 10 heteroatoms. The SMILES string of the molecule is COC(=O)C(Cc1ccccc1)NC(=O)COC(=O)c1ccc(N(C)C)c([N+](=O)[O-])c1. The predicted molar refractivity (Wildman–Crippen MR) is 112 cm³/mol. The van der Waals surface area contributed by atoms with Crippen molar-refractivity contribution in [3.05, 3.63) is 69.8 Å². The van der Waals surface area contributed by atoms with Gasteiger partial charge in [-0.2, -0.15) is 0 Å². The summed E-state index contributed by atoms with van der Waals surface area (Å²) in [5.74, 6) is -2.25. The van der Waals surface area contributed by atoms with E-state index in [0.717, 1.165) is 11.6 Å². The lowest BCUT2D eigenvalue weighted by atomic mass is 10.1. The number of amides is 1. The van der Waals surface area contributed by atoms with Gasteiger partial charge in [-0.25, -0.2) is 9.59 Å². The van der Waals surface area contributed by atoms with Gasteiger partial charge in [-0.3, -0.25) is 14.9 Å². The Kier molecular flexibility index (Phi) is 8.07. The van der Waals surface area contributed by atoms with Crippen molar-refractivity contribution in [2.45, 2.75) is 12.5 Å². The molecule has 0 fully saturated rings. The molecule has 0 aliphatic heterocycles. The third-order valence-electron chi connectivity index (χ3n) is 4.33. The van der Waals surface area contributed by atoms with E-state index in [1.165, 1.54) is 19.2 Å². The van der Waals surface area contributed by atoms with Crippen molar-refractivity contribution in [1.82, 2.24) is 5.32 Å². The fourth-order valence-corrected chi connectivity index (χ4v) is 2.81. The van der Waals surface area contributed by atoms with Gasteiger partial charge in [0, 0.05) is 26.6 Å². The Labute approximate surface area is 178 Å². The molecule has 1 unspecified atom stereocenters. The second-order valence-corrected chi connectivity index (χ2v) is 6.76. The summed E-state index contributed by atoms with van der Waals surface area (Å²) < 4.78 is 9.67. The molecule has 2 rings (SSSR count). The summed E-state index contributed by atoms with van der Waals surface area (Å²) in [4.78, 5) is 48.6. The predicted octanol–water partition coefficient (Wildman–Crippen LogP) is 1.72. The molecular weight excluding hydrogens is 406 g/mol. The number of carbonyl (C=O) groups is 3. The van der Waals surface area contributed by atoms with Gasteiger partial charge in [0.15, 0.2) is 6.61 Å². The molecule has 2 aromatic rings. The molecule has 1 N–H and O–H groups in total. The maximum absolute atomic E-state index is 12.2. The number of rotatable bonds is 9. The van der Waals surface area contributed by atoms with Crippen LogP contribution in [0, 0.1) is 10.1 Å². The Bertz CT molecular complexity index is 961. The number of hydrogen-bond donors (Lipinski definition) is 1. The fourth-order valence-electron chi connectivity index (χ4n) is 2.81. The number of nitro groups is 1. The first-order valence-corrected chi connectivity index (χ1v) is 9.27. The Morgan fingerprint density at radius 1 is 1.13 bits per heavy atom. The molecule has 0 spiro atoms. The highest BCUT2D eigenvalue weighted by Gasteiger charge is 2.24. The molecule has 164 valence electrons. The van der Waals surface area contributed by atoms with Crippen LogP contribution in [-0.4, -0.2) is 56.6 Å². The molecular formula is C21H23N3O7. The number of carbonyl (C=O) groups excluding carboxylic acids is 3. The highest BCUT2D eigenvalue weighted by molar-refractivity contribution is 5.93. The minimum absolute atomic E-state index is 0.0705. The van der Waals surface area contributed by atoms with Gasteiger partial charge in [0.25, 0.3) is 11.6 Å². The average Bonchev–Trinajstić information content (AvgIpc) is 2.76. The van der Waals surface area contributed by atoms with E-state index in [2.05, 4.69) is 5.32 Å². The van der Waals surface area contributed by atoms with Crippen LogP contribution in [-0.2, 0) is 25.5 Å². The highest BCUT2D eigenvalue weighted by atomic mass is 16.6. The van der Waals surface area contributed by atoms with Gasteiger partial charge in [-0.05, 0) is 17.7 Å². The normalized spacial score (nSPS) is 11.2. The highest BCUT2D eigenvalue weighted by Crippen LogP contribution is 2.27. The number of hydrogen-bond acceptors (Lipinski definition) is 8. The van der Waals surface area contributed by atoms with E-state index in [4.69, 9.17) is 9.47 Å². The number of nitrogens with one attached hydrogen (secondary N) is 1. The van der Waals surface area contributed by atoms with Gasteiger partial charge in [0.1, 0.15) is 11.7 Å². The van der Waals surface area contributed by atoms with E-state index in [9.17, 15) is 24.5 Å². The standard InChI is InChI=1S/C21H23N3O7/c1-23(2)17-10-9-15(12-18(17)24(28)29)20(26)31-13-19(25)22-16(21(27)30-3)11-14-7-5-4-6-8-14/h4-10,12,16H,11,13H2,1-3H3,(H,22,25). The van der Waals surface area contributed by atoms with Gasteiger partial charge in [0.2, 0.25) is 0 Å². The van der Waals surface area contributed by atoms with Crippen molar-refractivity contribution in [1.29, 1.82) is 0 Å². The van der Waals surface area contributed by atoms with Gasteiger partial charge in [-0.15, -0.1) is 0 Å². The first-order chi connectivity index (χ1) is 14.7. The third-order valence-corrected chi connectivity index (χ3v) is 4.33. The van der Waals surface area contributed by atoms with Crippen LogP contribution in [0.5, 0.6) is 0 Å². The van der Waals surface area contributed by atoms with E-state index >= 15 is 0 Å². The van der Waals surface area contributed by atoms with Crippen LogP contribution in [0.3, 0.4) is 0 Å². The lowest BCUT2D eigenvalue weighted by molar-refractivity contribution is -0.384. The molecule has 31 heavy (non-hydrogen) atoms. The van der Waals surface area contributed by atoms with E-state index < -0.39 is 35.4 Å². The fraction of sp³-hybridized carbons (Fsp3) is 0.286. The molecule has 0 aromatic heterocycles. The largest absolute Gasteiger partial charge is 0.467 e. The lowest BCUT2D eigenvalue weighted by Crippen LogP contribution is -2.44. The maximum atomic E-state index is 12.2. The number of nitro benzene ring substituents is 1. The minimum atomic E-state index is -0.959. The molecule has 0 radical (unpaired) electrons. The van der Waals surface area contributed by atoms with Crippen LogP contribution >= 0.6 is 0 Å². The number of nitrogens with zero attached hydrogens (tertiary/aromatic N) is 2. The zero-order chi connectivity index (χ0) is 23.0. The third kappa shape index (κ3) is 6.53. The monoisotopic (exact) mass is 429 g/mol. The lowest BCUT2D eigenvalue weighted by Gasteiger charge is -2.17. The van der Waals surface area contributed by atoms with Crippen LogP contribution in [0.2, 0.25) is 0 Å². The second-order valence-electron chi connectivity index (χ2n) is 6.76. The molecule has 2 aromatic carbocycles. The average molecular weight is 429 g/mol. The minimum Gasteiger partial charge on any atom is -0.467 e. The van der Waals surface area contributed by atoms with Crippen LogP contribution in [0.1, 0.15) is 15.9 Å². The Balaban J connectivity index is 2.02. The van der Waals surface area contributed by atoms with Crippen molar-refractivity contribution in [2.24, 2.45) is 0 Å². The van der Waals surface area contributed by atoms with Gasteiger partial charge in [-0.1, -0.05) is 30.3 Å². The second kappa shape index (κ2) is 10.7. The van der Waals surface area contributed by atoms with Crippen LogP contribution < -0.4 is 10.2 Å². The molecule has 0 aliphatic rings. The van der Waals surface area contributed by atoms with Crippen LogP contribution in [0.15, 0.2) is 48.5 Å². The van der Waals surface area contributed by atoms with Crippen molar-refractivity contribution in [3.8, 4) is 0 Å². The first-order valence-electron chi connectivity index (χ1n) is 9.27. The quantitative estimate of drug-likeness (QED) is 0.362. The summed E-state index contributed by atoms with van der Waals surface area (Å²) >= 11 is 0. The smallest absolute Gasteiger partial charge is 0.338 e. The zero-order valence-electron chi connectivity index (χ0n) is 17.4. The zero-order valence-corrected chi connectivity index (χ0v) is 17.4. The van der Waals surface area contributed by atoms with E-state index in [1.54, 1.807) is 43.3 Å². The summed E-state index contributed by atoms with van der Waals surface area (Å²) in [7, 11) is 4.48. The first kappa shape index (κ1) is 23.3. The summed E-state index contributed by atoms with van der Waals surface area (Å²) in [5, 5.41) is 13.7. The van der Waals surface area contributed by atoms with Crippen molar-refractivity contribution >= 4 is 29.2 Å². The molecule has 0 bridgehead atoms. The van der Waals surface area contributed by atoms with Gasteiger partial charge >= 0.3 is 11.9 Å². The molecule has 0 aliphatic carbocycles. The van der Waals surface area contributed by atoms with Crippen molar-refractivity contribution in [2.75, 3.05) is 32.7 Å². The molecule has 1 atom stereocenters. The van der Waals surface area contributed by atoms with Gasteiger partial charge in [0.05, 0.1) is 17.6 Å². The van der Waals surface area contributed by atoms with E-state index in [-0.39, 0.29) is 17.7 Å². The summed E-state index contributed by atoms with van der Waals surface area (Å²) in [6, 6.07) is 11.9. The Hall–Kier alpha value is -3.95. The van der Waals surface area contributed by atoms with Crippen LogP contribution in [0.4, 0.5) is 11.4 Å². The van der Waals surface area contributed by atoms with E-state index in [1.807, 2.05) is 6.07 Å². The molecule has 1 amide bonds. The van der Waals surface area contributed by atoms with Gasteiger partial charge < -0.3 is 19.7 Å². The molecule has 0 heterocycles. The summed E-state index contributed by atoms with van der Waals surface area (Å²) in [5.41, 5.74) is 0.793. The summed E-state index contributed by atoms with van der Waals surface area (Å²) in [6.07, 6.45) is 0.200. The molecule has 0 saturated heterocycles. The molecule has 10 nitrogen and oxygen atoms in total. The van der Waals surface area contributed by atoms with Crippen molar-refractivity contribution < 1.29 is 28.8 Å². The number of benzene rings is 2. The number of anilines is 1. The number of ether oxygens (including phenoxy) is 2. The summed E-state index contributed by atoms with van der Waals surface area (Å²) in [6.45, 7) is -0.662. The Morgan fingerprint density at radius 3 is 2.39 bits per heavy atom. The molecule has 0 saturated carbocycles. The maximum Gasteiger partial charge on any atom is 0.338 e. The number of methoxy groups -OCH3 is 1. The van der Waals surface area contributed by atoms with Crippen LogP contribution in [0.25, 0.3) is 0 Å². The van der Waals surface area contributed by atoms with E-state index in [0.29, 0.717) is 5.69 Å².